The Morgan fingerprint density at radius 2 is 1.90 bits per heavy atom. The van der Waals surface area contributed by atoms with E-state index in [0.29, 0.717) is 40.9 Å². The van der Waals surface area contributed by atoms with Crippen LogP contribution in [0.15, 0.2) is 40.9 Å². The minimum atomic E-state index is -0.967. The summed E-state index contributed by atoms with van der Waals surface area (Å²) in [6.45, 7) is 3.26. The van der Waals surface area contributed by atoms with Gasteiger partial charge in [0, 0.05) is 54.8 Å². The van der Waals surface area contributed by atoms with Crippen LogP contribution in [0.25, 0.3) is 10.9 Å². The van der Waals surface area contributed by atoms with Gasteiger partial charge in [0.1, 0.15) is 5.75 Å². The van der Waals surface area contributed by atoms with E-state index in [-0.39, 0.29) is 11.3 Å². The largest absolute Gasteiger partial charge is 0.506 e. The molecular weight excluding hydrogens is 480 g/mol. The van der Waals surface area contributed by atoms with Crippen molar-refractivity contribution in [1.82, 2.24) is 9.47 Å². The third kappa shape index (κ3) is 4.62. The van der Waals surface area contributed by atoms with Gasteiger partial charge in [-0.25, -0.2) is 4.79 Å². The number of ether oxygens (including phenoxy) is 1. The van der Waals surface area contributed by atoms with Crippen LogP contribution in [-0.2, 0) is 29.8 Å². The number of hydrogen-bond donors (Lipinski definition) is 2. The molecule has 0 unspecified atom stereocenters. The van der Waals surface area contributed by atoms with E-state index in [4.69, 9.17) is 4.74 Å². The molecule has 1 aliphatic heterocycles. The fourth-order valence-electron chi connectivity index (χ4n) is 4.05. The van der Waals surface area contributed by atoms with Crippen molar-refractivity contribution in [3.8, 4) is 5.75 Å². The number of benzene rings is 2. The number of phenolic OH excluding ortho intramolecular Hbond substituents is 1. The molecule has 2 aromatic carbocycles. The maximum absolute atomic E-state index is 12.4. The Kier molecular flexibility index (Phi) is 6.91. The maximum atomic E-state index is 12.4. The molecule has 6 nitrogen and oxygen atoms in total. The average Bonchev–Trinajstić information content (AvgIpc) is 3.04. The molecule has 1 aromatic heterocycles. The highest BCUT2D eigenvalue weighted by atomic mass is 79.9. The summed E-state index contributed by atoms with van der Waals surface area (Å²) in [6.07, 6.45) is 0. The number of rotatable bonds is 7. The zero-order valence-corrected chi connectivity index (χ0v) is 19.7. The number of fused-ring (bicyclic) bond motifs is 1. The van der Waals surface area contributed by atoms with Crippen molar-refractivity contribution in [2.75, 3.05) is 26.3 Å². The van der Waals surface area contributed by atoms with Crippen LogP contribution in [0.5, 0.6) is 5.75 Å². The molecule has 164 valence electrons. The minimum absolute atomic E-state index is 0.107. The molecule has 3 aromatic rings. The van der Waals surface area contributed by atoms with Gasteiger partial charge in [-0.1, -0.05) is 30.3 Å². The molecular formula is C23H25BrN2O4S. The molecule has 8 heteroatoms. The van der Waals surface area contributed by atoms with Crippen molar-refractivity contribution in [3.63, 3.8) is 0 Å². The number of phenols is 1. The summed E-state index contributed by atoms with van der Waals surface area (Å²) in [6, 6.07) is 12.0. The van der Waals surface area contributed by atoms with Crippen molar-refractivity contribution < 1.29 is 19.7 Å². The topological polar surface area (TPSA) is 74.9 Å². The second-order valence-corrected chi connectivity index (χ2v) is 9.47. The van der Waals surface area contributed by atoms with Crippen LogP contribution in [0.4, 0.5) is 0 Å². The van der Waals surface area contributed by atoms with E-state index >= 15 is 0 Å². The maximum Gasteiger partial charge on any atom is 0.338 e. The molecule has 0 radical (unpaired) electrons. The van der Waals surface area contributed by atoms with Crippen LogP contribution in [0.2, 0.25) is 0 Å². The van der Waals surface area contributed by atoms with Crippen molar-refractivity contribution in [2.24, 2.45) is 7.05 Å². The average molecular weight is 505 g/mol. The van der Waals surface area contributed by atoms with Gasteiger partial charge in [0.15, 0.2) is 0 Å². The number of aryl methyl sites for hydroxylation is 1. The molecule has 0 bridgehead atoms. The zero-order chi connectivity index (χ0) is 22.0. The number of carboxylic acid groups (broad SMARTS) is 1. The van der Waals surface area contributed by atoms with Crippen LogP contribution >= 0.6 is 27.7 Å². The molecule has 2 heterocycles. The smallest absolute Gasteiger partial charge is 0.338 e. The SMILES string of the molecule is Cn1c(CSCc2ccccc2)c(C(=O)O)c2c(CN3CCOCC3)c(O)c(Br)cc21. The summed E-state index contributed by atoms with van der Waals surface area (Å²) in [5, 5.41) is 21.6. The normalized spacial score (nSPS) is 14.9. The fourth-order valence-corrected chi connectivity index (χ4v) is 5.57. The Labute approximate surface area is 193 Å². The van der Waals surface area contributed by atoms with E-state index in [0.717, 1.165) is 30.1 Å². The first kappa shape index (κ1) is 22.2. The summed E-state index contributed by atoms with van der Waals surface area (Å²) in [7, 11) is 1.90. The summed E-state index contributed by atoms with van der Waals surface area (Å²) >= 11 is 5.15. The van der Waals surface area contributed by atoms with E-state index in [9.17, 15) is 15.0 Å². The van der Waals surface area contributed by atoms with Gasteiger partial charge in [-0.15, -0.1) is 0 Å². The Morgan fingerprint density at radius 1 is 1.19 bits per heavy atom. The summed E-state index contributed by atoms with van der Waals surface area (Å²) in [5.74, 6) is 0.509. The van der Waals surface area contributed by atoms with E-state index in [1.165, 1.54) is 5.56 Å². The second-order valence-electron chi connectivity index (χ2n) is 7.63. The highest BCUT2D eigenvalue weighted by Crippen LogP contribution is 2.40. The number of morpholine rings is 1. The molecule has 31 heavy (non-hydrogen) atoms. The first-order valence-electron chi connectivity index (χ1n) is 10.1. The lowest BCUT2D eigenvalue weighted by molar-refractivity contribution is 0.0340. The van der Waals surface area contributed by atoms with Gasteiger partial charge in [-0.2, -0.15) is 11.8 Å². The predicted molar refractivity (Wildman–Crippen MR) is 127 cm³/mol. The summed E-state index contributed by atoms with van der Waals surface area (Å²) in [4.78, 5) is 14.6. The quantitative estimate of drug-likeness (QED) is 0.489. The Bertz CT molecular complexity index is 1090. The van der Waals surface area contributed by atoms with E-state index < -0.39 is 5.97 Å². The first-order valence-corrected chi connectivity index (χ1v) is 12.1. The van der Waals surface area contributed by atoms with Gasteiger partial charge >= 0.3 is 5.97 Å². The van der Waals surface area contributed by atoms with Gasteiger partial charge in [-0.3, -0.25) is 4.90 Å². The van der Waals surface area contributed by atoms with Gasteiger partial charge in [-0.05, 0) is 27.6 Å². The van der Waals surface area contributed by atoms with E-state index in [2.05, 4.69) is 33.0 Å². The van der Waals surface area contributed by atoms with E-state index in [1.807, 2.05) is 35.9 Å². The number of nitrogens with zero attached hydrogens (tertiary/aromatic N) is 2. The van der Waals surface area contributed by atoms with Crippen molar-refractivity contribution in [1.29, 1.82) is 0 Å². The molecule has 1 aliphatic rings. The standard InChI is InChI=1S/C23H25BrN2O4S/c1-25-18-11-17(24)22(27)16(12-26-7-9-30-10-8-26)20(18)21(23(28)29)19(25)14-31-13-15-5-3-2-4-6-15/h2-6,11,27H,7-10,12-14H2,1H3,(H,28,29). The molecule has 1 fully saturated rings. The Hall–Kier alpha value is -2.00. The van der Waals surface area contributed by atoms with Gasteiger partial charge in [0.25, 0.3) is 0 Å². The van der Waals surface area contributed by atoms with Gasteiger partial charge in [0.2, 0.25) is 0 Å². The number of thioether (sulfide) groups is 1. The molecule has 0 amide bonds. The van der Waals surface area contributed by atoms with Crippen LogP contribution in [0.1, 0.15) is 27.2 Å². The molecule has 0 saturated carbocycles. The molecule has 0 atom stereocenters. The number of aromatic hydroxyl groups is 1. The predicted octanol–water partition coefficient (Wildman–Crippen LogP) is 4.61. The molecule has 4 rings (SSSR count). The van der Waals surface area contributed by atoms with E-state index in [1.54, 1.807) is 11.8 Å². The third-order valence-corrected chi connectivity index (χ3v) is 7.31. The highest BCUT2D eigenvalue weighted by molar-refractivity contribution is 9.10. The number of carboxylic acids is 1. The fraction of sp³-hybridized carbons (Fsp3) is 0.348. The van der Waals surface area contributed by atoms with Gasteiger partial charge in [0.05, 0.1) is 28.8 Å². The second kappa shape index (κ2) is 9.65. The molecule has 0 spiro atoms. The molecule has 0 aliphatic carbocycles. The third-order valence-electron chi connectivity index (χ3n) is 5.69. The number of halogens is 1. The van der Waals surface area contributed by atoms with Crippen LogP contribution < -0.4 is 0 Å². The summed E-state index contributed by atoms with van der Waals surface area (Å²) in [5.41, 5.74) is 3.70. The van der Waals surface area contributed by atoms with Crippen LogP contribution in [0.3, 0.4) is 0 Å². The lowest BCUT2D eigenvalue weighted by atomic mass is 10.0. The molecule has 1 saturated heterocycles. The van der Waals surface area contributed by atoms with Crippen molar-refractivity contribution >= 4 is 44.6 Å². The number of aromatic carboxylic acids is 1. The van der Waals surface area contributed by atoms with Crippen molar-refractivity contribution in [2.45, 2.75) is 18.1 Å². The monoisotopic (exact) mass is 504 g/mol. The van der Waals surface area contributed by atoms with Crippen LogP contribution in [-0.4, -0.2) is 52.0 Å². The lowest BCUT2D eigenvalue weighted by Crippen LogP contribution is -2.35. The van der Waals surface area contributed by atoms with Gasteiger partial charge < -0.3 is 19.5 Å². The summed E-state index contributed by atoms with van der Waals surface area (Å²) < 4.78 is 7.95. The minimum Gasteiger partial charge on any atom is -0.506 e. The Morgan fingerprint density at radius 3 is 2.58 bits per heavy atom. The highest BCUT2D eigenvalue weighted by Gasteiger charge is 2.27. The van der Waals surface area contributed by atoms with Crippen LogP contribution in [0, 0.1) is 0 Å². The number of aromatic nitrogens is 1. The Balaban J connectivity index is 1.74. The number of carbonyl (C=O) groups is 1. The first-order chi connectivity index (χ1) is 15.0. The zero-order valence-electron chi connectivity index (χ0n) is 17.3. The lowest BCUT2D eigenvalue weighted by Gasteiger charge is -2.27. The van der Waals surface area contributed by atoms with Crippen molar-refractivity contribution in [3.05, 3.63) is 63.3 Å². The number of hydrogen-bond acceptors (Lipinski definition) is 5. The molecule has 2 N–H and O–H groups in total.